The molecule has 2 aromatic rings. The van der Waals surface area contributed by atoms with E-state index in [0.29, 0.717) is 6.04 Å². The first kappa shape index (κ1) is 13.9. The fourth-order valence-electron chi connectivity index (χ4n) is 2.45. The summed E-state index contributed by atoms with van der Waals surface area (Å²) in [4.78, 5) is 8.54. The number of rotatable bonds is 5. The highest BCUT2D eigenvalue weighted by Crippen LogP contribution is 2.32. The van der Waals surface area contributed by atoms with E-state index in [1.165, 1.54) is 41.9 Å². The molecule has 0 spiro atoms. The van der Waals surface area contributed by atoms with Crippen LogP contribution in [-0.2, 0) is 5.75 Å². The Bertz CT molecular complexity index is 521. The number of hydrogen-bond donors (Lipinski definition) is 1. The molecule has 20 heavy (non-hydrogen) atoms. The van der Waals surface area contributed by atoms with Gasteiger partial charge in [0, 0.05) is 24.2 Å². The first-order valence-electron chi connectivity index (χ1n) is 7.14. The molecule has 0 radical (unpaired) electrons. The number of hydrogen-bond acceptors (Lipinski definition) is 5. The van der Waals surface area contributed by atoms with Crippen molar-refractivity contribution in [3.8, 4) is 0 Å². The summed E-state index contributed by atoms with van der Waals surface area (Å²) in [6.07, 6.45) is 12.4. The monoisotopic (exact) mass is 305 g/mol. The predicted octanol–water partition coefficient (Wildman–Crippen LogP) is 4.58. The molecule has 1 N–H and O–H groups in total. The highest BCUT2D eigenvalue weighted by atomic mass is 32.2. The highest BCUT2D eigenvalue weighted by Gasteiger charge is 2.14. The van der Waals surface area contributed by atoms with Gasteiger partial charge >= 0.3 is 0 Å². The van der Waals surface area contributed by atoms with E-state index in [4.69, 9.17) is 0 Å². The second kappa shape index (κ2) is 7.09. The molecule has 1 fully saturated rings. The zero-order chi connectivity index (χ0) is 13.6. The Morgan fingerprint density at radius 2 is 2.00 bits per heavy atom. The molecule has 0 atom stereocenters. The fourth-order valence-corrected chi connectivity index (χ4v) is 4.35. The number of thiazole rings is 1. The van der Waals surface area contributed by atoms with Crippen molar-refractivity contribution in [1.29, 1.82) is 0 Å². The zero-order valence-electron chi connectivity index (χ0n) is 11.4. The topological polar surface area (TPSA) is 37.8 Å². The molecule has 1 aliphatic carbocycles. The summed E-state index contributed by atoms with van der Waals surface area (Å²) in [6, 6.07) is 4.76. The summed E-state index contributed by atoms with van der Waals surface area (Å²) in [5, 5.41) is 4.66. The quantitative estimate of drug-likeness (QED) is 0.821. The Labute approximate surface area is 128 Å². The van der Waals surface area contributed by atoms with E-state index in [2.05, 4.69) is 27.4 Å². The van der Waals surface area contributed by atoms with E-state index in [1.54, 1.807) is 11.3 Å². The average Bonchev–Trinajstić information content (AvgIpc) is 2.95. The molecule has 106 valence electrons. The van der Waals surface area contributed by atoms with Crippen LogP contribution in [0.15, 0.2) is 34.9 Å². The highest BCUT2D eigenvalue weighted by molar-refractivity contribution is 8.00. The maximum atomic E-state index is 4.50. The smallest absolute Gasteiger partial charge is 0.183 e. The molecule has 0 saturated heterocycles. The van der Waals surface area contributed by atoms with Crippen molar-refractivity contribution in [1.82, 2.24) is 9.97 Å². The molecule has 3 nitrogen and oxygen atoms in total. The van der Waals surface area contributed by atoms with Crippen LogP contribution in [-0.4, -0.2) is 16.0 Å². The Kier molecular flexibility index (Phi) is 4.92. The molecule has 0 bridgehead atoms. The second-order valence-corrected chi connectivity index (χ2v) is 7.41. The van der Waals surface area contributed by atoms with Crippen molar-refractivity contribution in [2.75, 3.05) is 5.32 Å². The van der Waals surface area contributed by atoms with Crippen molar-refractivity contribution in [2.45, 2.75) is 48.1 Å². The third-order valence-electron chi connectivity index (χ3n) is 3.55. The molecule has 0 amide bonds. The minimum atomic E-state index is 0.632. The Hall–Kier alpha value is -1.07. The van der Waals surface area contributed by atoms with Gasteiger partial charge in [-0.1, -0.05) is 30.6 Å². The van der Waals surface area contributed by atoms with Crippen LogP contribution in [0.2, 0.25) is 0 Å². The zero-order valence-corrected chi connectivity index (χ0v) is 13.1. The Morgan fingerprint density at radius 3 is 2.80 bits per heavy atom. The summed E-state index contributed by atoms with van der Waals surface area (Å²) >= 11 is 3.62. The van der Waals surface area contributed by atoms with Crippen molar-refractivity contribution in [3.63, 3.8) is 0 Å². The third kappa shape index (κ3) is 3.96. The van der Waals surface area contributed by atoms with E-state index in [-0.39, 0.29) is 0 Å². The van der Waals surface area contributed by atoms with Gasteiger partial charge in [0.2, 0.25) is 0 Å². The second-order valence-electron chi connectivity index (χ2n) is 5.11. The van der Waals surface area contributed by atoms with Gasteiger partial charge in [-0.3, -0.25) is 4.98 Å². The van der Waals surface area contributed by atoms with Crippen LogP contribution in [0.5, 0.6) is 0 Å². The van der Waals surface area contributed by atoms with E-state index >= 15 is 0 Å². The Morgan fingerprint density at radius 1 is 1.20 bits per heavy atom. The molecule has 3 rings (SSSR count). The fraction of sp³-hybridized carbons (Fsp3) is 0.467. The van der Waals surface area contributed by atoms with Crippen LogP contribution in [0, 0.1) is 0 Å². The lowest BCUT2D eigenvalue weighted by atomic mass is 9.96. The van der Waals surface area contributed by atoms with Crippen LogP contribution < -0.4 is 5.32 Å². The van der Waals surface area contributed by atoms with Gasteiger partial charge in [0.1, 0.15) is 0 Å². The molecule has 5 heteroatoms. The molecule has 1 saturated carbocycles. The predicted molar refractivity (Wildman–Crippen MR) is 86.4 cm³/mol. The third-order valence-corrected chi connectivity index (χ3v) is 5.74. The van der Waals surface area contributed by atoms with Crippen LogP contribution in [0.4, 0.5) is 5.13 Å². The summed E-state index contributed by atoms with van der Waals surface area (Å²) in [5.74, 6) is 0.980. The van der Waals surface area contributed by atoms with Gasteiger partial charge in [0.25, 0.3) is 0 Å². The minimum absolute atomic E-state index is 0.632. The largest absolute Gasteiger partial charge is 0.359 e. The van der Waals surface area contributed by atoms with E-state index < -0.39 is 0 Å². The number of anilines is 1. The van der Waals surface area contributed by atoms with Crippen molar-refractivity contribution in [2.24, 2.45) is 0 Å². The van der Waals surface area contributed by atoms with Gasteiger partial charge in [0.05, 0.1) is 10.4 Å². The lowest BCUT2D eigenvalue weighted by molar-refractivity contribution is 0.462. The van der Waals surface area contributed by atoms with Crippen LogP contribution in [0.3, 0.4) is 0 Å². The Balaban J connectivity index is 1.51. The van der Waals surface area contributed by atoms with Gasteiger partial charge in [-0.25, -0.2) is 4.98 Å². The summed E-state index contributed by atoms with van der Waals surface area (Å²) in [7, 11) is 0. The van der Waals surface area contributed by atoms with E-state index in [1.807, 2.05) is 30.4 Å². The summed E-state index contributed by atoms with van der Waals surface area (Å²) in [6.45, 7) is 0. The number of pyridine rings is 1. The van der Waals surface area contributed by atoms with Gasteiger partial charge in [0.15, 0.2) is 5.13 Å². The number of nitrogens with zero attached hydrogens (tertiary/aromatic N) is 2. The van der Waals surface area contributed by atoms with Gasteiger partial charge < -0.3 is 5.32 Å². The molecule has 0 aromatic carbocycles. The van der Waals surface area contributed by atoms with E-state index in [0.717, 1.165) is 10.9 Å². The SMILES string of the molecule is c1cc(CSc2cnc(NC3CCCCC3)s2)ccn1. The number of aromatic nitrogens is 2. The first-order valence-corrected chi connectivity index (χ1v) is 8.94. The molecule has 0 aliphatic heterocycles. The van der Waals surface area contributed by atoms with Crippen molar-refractivity contribution in [3.05, 3.63) is 36.3 Å². The van der Waals surface area contributed by atoms with Gasteiger partial charge in [-0.15, -0.1) is 11.8 Å². The van der Waals surface area contributed by atoms with Gasteiger partial charge in [-0.2, -0.15) is 0 Å². The van der Waals surface area contributed by atoms with Crippen LogP contribution in [0.25, 0.3) is 0 Å². The lowest BCUT2D eigenvalue weighted by Crippen LogP contribution is -2.21. The van der Waals surface area contributed by atoms with Crippen LogP contribution in [0.1, 0.15) is 37.7 Å². The van der Waals surface area contributed by atoms with Gasteiger partial charge in [-0.05, 0) is 30.5 Å². The standard InChI is InChI=1S/C15H19N3S2/c1-2-4-13(5-3-1)18-15-17-10-14(20-15)19-11-12-6-8-16-9-7-12/h6-10,13H,1-5,11H2,(H,17,18). The molecule has 1 aliphatic rings. The molecular formula is C15H19N3S2. The normalized spacial score (nSPS) is 16.2. The molecule has 0 unspecified atom stereocenters. The summed E-state index contributed by atoms with van der Waals surface area (Å²) < 4.78 is 1.28. The van der Waals surface area contributed by atoms with Crippen molar-refractivity contribution >= 4 is 28.2 Å². The maximum absolute atomic E-state index is 4.50. The summed E-state index contributed by atoms with van der Waals surface area (Å²) in [5.41, 5.74) is 1.31. The maximum Gasteiger partial charge on any atom is 0.183 e. The molecular weight excluding hydrogens is 286 g/mol. The average molecular weight is 305 g/mol. The minimum Gasteiger partial charge on any atom is -0.359 e. The van der Waals surface area contributed by atoms with Crippen molar-refractivity contribution < 1.29 is 0 Å². The van der Waals surface area contributed by atoms with E-state index in [9.17, 15) is 0 Å². The van der Waals surface area contributed by atoms with Crippen LogP contribution >= 0.6 is 23.1 Å². The number of thioether (sulfide) groups is 1. The number of nitrogens with one attached hydrogen (secondary N) is 1. The molecule has 2 aromatic heterocycles. The first-order chi connectivity index (χ1) is 9.90. The molecule has 2 heterocycles. The lowest BCUT2D eigenvalue weighted by Gasteiger charge is -2.22.